The standard InChI is InChI=1S/C21H25.2ClH.Hf/c1-20(2,3)15-11-10-14-12-18-16(17(14)13-15)8-7-9-19(18)21(4,5)6;;;/h7-13H,1-6H3;2*1H;/q;;;+2/p-2. The molecule has 1 radical (unpaired) electrons. The summed E-state index contributed by atoms with van der Waals surface area (Å²) in [6.45, 7) is 13.7. The Morgan fingerprint density at radius 3 is 1.96 bits per heavy atom. The Balaban J connectivity index is 0.000000647. The second-order valence-corrected chi connectivity index (χ2v) is 13.5. The zero-order valence-electron chi connectivity index (χ0n) is 15.3. The van der Waals surface area contributed by atoms with Crippen LogP contribution in [0.25, 0.3) is 11.1 Å². The summed E-state index contributed by atoms with van der Waals surface area (Å²) in [5, 5.41) is 0. The predicted octanol–water partition coefficient (Wildman–Crippen LogP) is 7.24. The SMILES string of the molecule is CC(C)(C)c1ccc2c(c1)-c1cccc(C(C)(C)C)c1[CH]2.[Cl][Hf][Cl]. The molecule has 0 unspecified atom stereocenters. The van der Waals surface area contributed by atoms with E-state index in [1.165, 1.54) is 33.4 Å². The molecule has 2 aromatic carbocycles. The Kier molecular flexibility index (Phi) is 6.43. The van der Waals surface area contributed by atoms with Crippen molar-refractivity contribution < 1.29 is 20.5 Å². The Hall–Kier alpha value is -0.110. The normalized spacial score (nSPS) is 12.8. The number of fused-ring (bicyclic) bond motifs is 3. The van der Waals surface area contributed by atoms with Crippen LogP contribution >= 0.6 is 17.2 Å². The van der Waals surface area contributed by atoms with Crippen LogP contribution in [0, 0.1) is 6.42 Å². The third-order valence-corrected chi connectivity index (χ3v) is 4.42. The molecule has 0 spiro atoms. The van der Waals surface area contributed by atoms with Crippen molar-refractivity contribution in [1.82, 2.24) is 0 Å². The zero-order valence-corrected chi connectivity index (χ0v) is 20.4. The fourth-order valence-corrected chi connectivity index (χ4v) is 3.15. The molecule has 0 heterocycles. The summed E-state index contributed by atoms with van der Waals surface area (Å²) in [7, 11) is 9.92. The van der Waals surface area contributed by atoms with Gasteiger partial charge in [-0.25, -0.2) is 0 Å². The maximum absolute atomic E-state index is 4.96. The van der Waals surface area contributed by atoms with E-state index in [4.69, 9.17) is 17.2 Å². The van der Waals surface area contributed by atoms with Gasteiger partial charge in [0.25, 0.3) is 0 Å². The molecule has 0 bridgehead atoms. The Bertz CT molecular complexity index is 722. The minimum absolute atomic E-state index is 0.177. The van der Waals surface area contributed by atoms with E-state index in [0.29, 0.717) is 0 Å². The molecule has 3 rings (SSSR count). The van der Waals surface area contributed by atoms with Crippen molar-refractivity contribution in [3.05, 3.63) is 65.1 Å². The summed E-state index contributed by atoms with van der Waals surface area (Å²) in [6, 6.07) is 13.7. The third kappa shape index (κ3) is 4.34. The molecule has 24 heavy (non-hydrogen) atoms. The van der Waals surface area contributed by atoms with Crippen molar-refractivity contribution in [3.8, 4) is 11.1 Å². The van der Waals surface area contributed by atoms with Gasteiger partial charge in [-0.05, 0) is 44.2 Å². The van der Waals surface area contributed by atoms with Crippen LogP contribution in [0.5, 0.6) is 0 Å². The van der Waals surface area contributed by atoms with Crippen molar-refractivity contribution >= 4 is 17.2 Å². The van der Waals surface area contributed by atoms with Crippen LogP contribution in [-0.2, 0) is 31.4 Å². The van der Waals surface area contributed by atoms with E-state index in [1.54, 1.807) is 0 Å². The van der Waals surface area contributed by atoms with Crippen LogP contribution in [0.15, 0.2) is 36.4 Å². The summed E-state index contributed by atoms with van der Waals surface area (Å²) < 4.78 is 0. The predicted molar refractivity (Wildman–Crippen MR) is 103 cm³/mol. The van der Waals surface area contributed by atoms with Crippen LogP contribution in [0.2, 0.25) is 0 Å². The van der Waals surface area contributed by atoms with Crippen molar-refractivity contribution in [2.45, 2.75) is 52.4 Å². The molecule has 0 aliphatic heterocycles. The fraction of sp³-hybridized carbons (Fsp3) is 0.381. The van der Waals surface area contributed by atoms with Crippen LogP contribution in [0.1, 0.15) is 63.8 Å². The van der Waals surface area contributed by atoms with Gasteiger partial charge in [-0.2, -0.15) is 0 Å². The van der Waals surface area contributed by atoms with Gasteiger partial charge in [0.15, 0.2) is 0 Å². The van der Waals surface area contributed by atoms with Crippen LogP contribution in [-0.4, -0.2) is 0 Å². The first-order valence-electron chi connectivity index (χ1n) is 8.19. The summed E-state index contributed by atoms with van der Waals surface area (Å²) in [5.74, 6) is 0. The first kappa shape index (κ1) is 20.2. The van der Waals surface area contributed by atoms with Gasteiger partial charge in [-0.15, -0.1) is 0 Å². The zero-order chi connectivity index (χ0) is 18.1. The topological polar surface area (TPSA) is 0 Å². The maximum atomic E-state index is 4.96. The summed E-state index contributed by atoms with van der Waals surface area (Å²) in [4.78, 5) is 0. The molecule has 1 aliphatic rings. The van der Waals surface area contributed by atoms with Gasteiger partial charge in [-0.3, -0.25) is 0 Å². The molecule has 0 saturated heterocycles. The molecule has 0 atom stereocenters. The molecule has 0 N–H and O–H groups in total. The fourth-order valence-electron chi connectivity index (χ4n) is 3.15. The van der Waals surface area contributed by atoms with Crippen molar-refractivity contribution in [1.29, 1.82) is 0 Å². The number of halogens is 2. The summed E-state index contributed by atoms with van der Waals surface area (Å²) in [5.41, 5.74) is 8.76. The first-order valence-corrected chi connectivity index (χ1v) is 17.1. The Labute approximate surface area is 165 Å². The molecular weight excluding hydrogens is 502 g/mol. The monoisotopic (exact) mass is 527 g/mol. The van der Waals surface area contributed by atoms with Crippen LogP contribution in [0.3, 0.4) is 0 Å². The first-order chi connectivity index (χ1) is 11.1. The molecule has 127 valence electrons. The summed E-state index contributed by atoms with van der Waals surface area (Å²) in [6.07, 6.45) is 2.36. The van der Waals surface area contributed by atoms with E-state index >= 15 is 0 Å². The molecule has 0 fully saturated rings. The van der Waals surface area contributed by atoms with E-state index in [0.717, 1.165) is 0 Å². The molecule has 0 amide bonds. The number of hydrogen-bond donors (Lipinski definition) is 0. The average molecular weight is 527 g/mol. The third-order valence-electron chi connectivity index (χ3n) is 4.42. The molecule has 2 aromatic rings. The second kappa shape index (κ2) is 7.64. The molecule has 0 nitrogen and oxygen atoms in total. The van der Waals surface area contributed by atoms with Gasteiger partial charge in [0.05, 0.1) is 0 Å². The van der Waals surface area contributed by atoms with E-state index in [9.17, 15) is 0 Å². The van der Waals surface area contributed by atoms with Gasteiger partial charge in [0.2, 0.25) is 0 Å². The van der Waals surface area contributed by atoms with Crippen molar-refractivity contribution in [3.63, 3.8) is 0 Å². The van der Waals surface area contributed by atoms with E-state index in [2.05, 4.69) is 84.4 Å². The summed E-state index contributed by atoms with van der Waals surface area (Å²) >= 11 is -0.972. The quantitative estimate of drug-likeness (QED) is 0.271. The van der Waals surface area contributed by atoms with Crippen LogP contribution in [0.4, 0.5) is 0 Å². The molecule has 1 aliphatic carbocycles. The van der Waals surface area contributed by atoms with Gasteiger partial charge < -0.3 is 0 Å². The van der Waals surface area contributed by atoms with Crippen molar-refractivity contribution in [2.75, 3.05) is 0 Å². The van der Waals surface area contributed by atoms with E-state index < -0.39 is 20.5 Å². The Morgan fingerprint density at radius 2 is 1.42 bits per heavy atom. The van der Waals surface area contributed by atoms with Gasteiger partial charge in [0.1, 0.15) is 0 Å². The van der Waals surface area contributed by atoms with Gasteiger partial charge >= 0.3 is 37.7 Å². The number of hydrogen-bond acceptors (Lipinski definition) is 0. The molecule has 3 heteroatoms. The van der Waals surface area contributed by atoms with E-state index in [-0.39, 0.29) is 10.8 Å². The number of rotatable bonds is 0. The van der Waals surface area contributed by atoms with Crippen molar-refractivity contribution in [2.24, 2.45) is 0 Å². The molecule has 0 saturated carbocycles. The van der Waals surface area contributed by atoms with Crippen LogP contribution < -0.4 is 0 Å². The number of benzene rings is 2. The average Bonchev–Trinajstić information content (AvgIpc) is 2.83. The molecular formula is C21H25Cl2Hf. The van der Waals surface area contributed by atoms with Gasteiger partial charge in [0, 0.05) is 6.42 Å². The molecule has 0 aromatic heterocycles. The second-order valence-electron chi connectivity index (χ2n) is 8.28. The van der Waals surface area contributed by atoms with E-state index in [1.807, 2.05) is 0 Å². The minimum atomic E-state index is -0.972. The Morgan fingerprint density at radius 1 is 0.792 bits per heavy atom. The van der Waals surface area contributed by atoms with Gasteiger partial charge in [-0.1, -0.05) is 77.9 Å².